The summed E-state index contributed by atoms with van der Waals surface area (Å²) in [6.07, 6.45) is 0.875. The number of para-hydroxylation sites is 1. The topological polar surface area (TPSA) is 26.3 Å². The number of hydrogen-bond donors (Lipinski definition) is 0. The van der Waals surface area contributed by atoms with Crippen LogP contribution in [0.4, 0.5) is 0 Å². The Morgan fingerprint density at radius 1 is 1.00 bits per heavy atom. The Morgan fingerprint density at radius 2 is 1.63 bits per heavy atom. The van der Waals surface area contributed by atoms with Crippen LogP contribution in [0.2, 0.25) is 0 Å². The van der Waals surface area contributed by atoms with Crippen molar-refractivity contribution in [1.29, 1.82) is 0 Å². The first-order valence-electron chi connectivity index (χ1n) is 6.52. The maximum absolute atomic E-state index is 12.2. The van der Waals surface area contributed by atoms with E-state index in [1.807, 2.05) is 42.5 Å². The molecule has 0 aliphatic rings. The molecule has 0 aliphatic heterocycles. The van der Waals surface area contributed by atoms with Gasteiger partial charge in [-0.15, -0.1) is 0 Å². The van der Waals surface area contributed by atoms with Crippen LogP contribution in [-0.4, -0.2) is 5.97 Å². The highest BCUT2D eigenvalue weighted by Gasteiger charge is 2.13. The van der Waals surface area contributed by atoms with Gasteiger partial charge in [-0.05, 0) is 36.1 Å². The molecule has 19 heavy (non-hydrogen) atoms. The Hall–Kier alpha value is -2.09. The molecule has 0 amide bonds. The standard InChI is InChI=1S/C17H18O2/c1-13(2)12-14-8-6-7-11-16(14)17(18)19-15-9-4-3-5-10-15/h3-11,13H,12H2,1-2H3. The lowest BCUT2D eigenvalue weighted by atomic mass is 9.98. The Morgan fingerprint density at radius 3 is 2.32 bits per heavy atom. The van der Waals surface area contributed by atoms with Gasteiger partial charge in [-0.25, -0.2) is 4.79 Å². The third-order valence-corrected chi connectivity index (χ3v) is 2.82. The van der Waals surface area contributed by atoms with Gasteiger partial charge in [0.2, 0.25) is 0 Å². The minimum atomic E-state index is -0.289. The average Bonchev–Trinajstić information content (AvgIpc) is 2.39. The first kappa shape index (κ1) is 13.3. The van der Waals surface area contributed by atoms with Crippen LogP contribution in [0.1, 0.15) is 29.8 Å². The van der Waals surface area contributed by atoms with Crippen molar-refractivity contribution in [3.05, 3.63) is 65.7 Å². The molecular weight excluding hydrogens is 236 g/mol. The molecule has 0 N–H and O–H groups in total. The number of carbonyl (C=O) groups is 1. The molecular formula is C17H18O2. The van der Waals surface area contributed by atoms with E-state index in [1.54, 1.807) is 12.1 Å². The first-order chi connectivity index (χ1) is 9.16. The highest BCUT2D eigenvalue weighted by atomic mass is 16.5. The lowest BCUT2D eigenvalue weighted by Gasteiger charge is -2.11. The van der Waals surface area contributed by atoms with Gasteiger partial charge >= 0.3 is 5.97 Å². The lowest BCUT2D eigenvalue weighted by molar-refractivity contribution is 0.0733. The van der Waals surface area contributed by atoms with Gasteiger partial charge in [0.25, 0.3) is 0 Å². The van der Waals surface area contributed by atoms with Crippen LogP contribution in [0.3, 0.4) is 0 Å². The molecule has 2 aromatic carbocycles. The zero-order valence-corrected chi connectivity index (χ0v) is 11.3. The van der Waals surface area contributed by atoms with E-state index in [0.29, 0.717) is 17.2 Å². The van der Waals surface area contributed by atoms with Crippen molar-refractivity contribution in [3.8, 4) is 5.75 Å². The van der Waals surface area contributed by atoms with E-state index in [1.165, 1.54) is 0 Å². The highest BCUT2D eigenvalue weighted by Crippen LogP contribution is 2.17. The predicted octanol–water partition coefficient (Wildman–Crippen LogP) is 4.10. The van der Waals surface area contributed by atoms with Crippen molar-refractivity contribution >= 4 is 5.97 Å². The number of esters is 1. The predicted molar refractivity (Wildman–Crippen MR) is 76.4 cm³/mol. The Kier molecular flexibility index (Phi) is 4.35. The van der Waals surface area contributed by atoms with Crippen LogP contribution >= 0.6 is 0 Å². The summed E-state index contributed by atoms with van der Waals surface area (Å²) < 4.78 is 5.38. The summed E-state index contributed by atoms with van der Waals surface area (Å²) in [6.45, 7) is 4.28. The zero-order valence-electron chi connectivity index (χ0n) is 11.3. The minimum absolute atomic E-state index is 0.289. The molecule has 2 aromatic rings. The number of ether oxygens (including phenoxy) is 1. The van der Waals surface area contributed by atoms with Crippen LogP contribution in [-0.2, 0) is 6.42 Å². The van der Waals surface area contributed by atoms with Gasteiger partial charge in [0, 0.05) is 0 Å². The van der Waals surface area contributed by atoms with Crippen molar-refractivity contribution in [3.63, 3.8) is 0 Å². The molecule has 0 saturated carbocycles. The molecule has 0 spiro atoms. The number of benzene rings is 2. The van der Waals surface area contributed by atoms with Gasteiger partial charge in [-0.1, -0.05) is 50.2 Å². The number of rotatable bonds is 4. The van der Waals surface area contributed by atoms with Crippen molar-refractivity contribution in [2.45, 2.75) is 20.3 Å². The lowest BCUT2D eigenvalue weighted by Crippen LogP contribution is -2.12. The zero-order chi connectivity index (χ0) is 13.7. The molecule has 2 rings (SSSR count). The molecule has 0 heterocycles. The second-order valence-corrected chi connectivity index (χ2v) is 4.96. The van der Waals surface area contributed by atoms with Gasteiger partial charge in [-0.3, -0.25) is 0 Å². The maximum Gasteiger partial charge on any atom is 0.343 e. The fourth-order valence-corrected chi connectivity index (χ4v) is 1.99. The quantitative estimate of drug-likeness (QED) is 0.606. The SMILES string of the molecule is CC(C)Cc1ccccc1C(=O)Oc1ccccc1. The van der Waals surface area contributed by atoms with E-state index >= 15 is 0 Å². The Labute approximate surface area is 114 Å². The summed E-state index contributed by atoms with van der Waals surface area (Å²) in [7, 11) is 0. The summed E-state index contributed by atoms with van der Waals surface area (Å²) in [5.74, 6) is 0.792. The summed E-state index contributed by atoms with van der Waals surface area (Å²) in [4.78, 5) is 12.2. The summed E-state index contributed by atoms with van der Waals surface area (Å²) in [5.41, 5.74) is 1.69. The van der Waals surface area contributed by atoms with Crippen molar-refractivity contribution < 1.29 is 9.53 Å². The first-order valence-corrected chi connectivity index (χ1v) is 6.52. The molecule has 0 aromatic heterocycles. The normalized spacial score (nSPS) is 10.5. The Bertz CT molecular complexity index is 544. The summed E-state index contributed by atoms with van der Waals surface area (Å²) in [6, 6.07) is 16.8. The van der Waals surface area contributed by atoms with Crippen molar-refractivity contribution in [2.24, 2.45) is 5.92 Å². The van der Waals surface area contributed by atoms with Crippen LogP contribution < -0.4 is 4.74 Å². The van der Waals surface area contributed by atoms with Gasteiger partial charge in [-0.2, -0.15) is 0 Å². The molecule has 98 valence electrons. The Balaban J connectivity index is 2.19. The molecule has 2 nitrogen and oxygen atoms in total. The van der Waals surface area contributed by atoms with Crippen LogP contribution in [0, 0.1) is 5.92 Å². The summed E-state index contributed by atoms with van der Waals surface area (Å²) in [5, 5.41) is 0. The van der Waals surface area contributed by atoms with E-state index in [2.05, 4.69) is 13.8 Å². The fourth-order valence-electron chi connectivity index (χ4n) is 1.99. The molecule has 2 heteroatoms. The molecule has 0 radical (unpaired) electrons. The van der Waals surface area contributed by atoms with Gasteiger partial charge < -0.3 is 4.74 Å². The molecule has 0 unspecified atom stereocenters. The van der Waals surface area contributed by atoms with E-state index in [9.17, 15) is 4.79 Å². The summed E-state index contributed by atoms with van der Waals surface area (Å²) >= 11 is 0. The van der Waals surface area contributed by atoms with Gasteiger partial charge in [0.15, 0.2) is 0 Å². The third-order valence-electron chi connectivity index (χ3n) is 2.82. The molecule has 0 bridgehead atoms. The second-order valence-electron chi connectivity index (χ2n) is 4.96. The second kappa shape index (κ2) is 6.19. The van der Waals surface area contributed by atoms with Crippen molar-refractivity contribution in [1.82, 2.24) is 0 Å². The van der Waals surface area contributed by atoms with Crippen molar-refractivity contribution in [2.75, 3.05) is 0 Å². The number of hydrogen-bond acceptors (Lipinski definition) is 2. The smallest absolute Gasteiger partial charge is 0.343 e. The monoisotopic (exact) mass is 254 g/mol. The molecule has 0 atom stereocenters. The largest absolute Gasteiger partial charge is 0.423 e. The molecule has 0 aliphatic carbocycles. The maximum atomic E-state index is 12.2. The van der Waals surface area contributed by atoms with Gasteiger partial charge in [0.1, 0.15) is 5.75 Å². The van der Waals surface area contributed by atoms with Crippen LogP contribution in [0.15, 0.2) is 54.6 Å². The average molecular weight is 254 g/mol. The van der Waals surface area contributed by atoms with E-state index < -0.39 is 0 Å². The van der Waals surface area contributed by atoms with E-state index in [0.717, 1.165) is 12.0 Å². The molecule has 0 fully saturated rings. The van der Waals surface area contributed by atoms with E-state index in [4.69, 9.17) is 4.74 Å². The minimum Gasteiger partial charge on any atom is -0.423 e. The van der Waals surface area contributed by atoms with Gasteiger partial charge in [0.05, 0.1) is 5.56 Å². The highest BCUT2D eigenvalue weighted by molar-refractivity contribution is 5.92. The fraction of sp³-hybridized carbons (Fsp3) is 0.235. The third kappa shape index (κ3) is 3.68. The van der Waals surface area contributed by atoms with Crippen LogP contribution in [0.5, 0.6) is 5.75 Å². The van der Waals surface area contributed by atoms with Crippen LogP contribution in [0.25, 0.3) is 0 Å². The van der Waals surface area contributed by atoms with E-state index in [-0.39, 0.29) is 5.97 Å². The number of carbonyl (C=O) groups excluding carboxylic acids is 1. The molecule has 0 saturated heterocycles.